The number of carbonyl (C=O) groups excluding carboxylic acids is 1. The lowest BCUT2D eigenvalue weighted by Crippen LogP contribution is -2.45. The number of benzene rings is 2. The maximum Gasteiger partial charge on any atom is 0.253 e. The predicted octanol–water partition coefficient (Wildman–Crippen LogP) is 4.60. The first-order valence-electron chi connectivity index (χ1n) is 9.09. The number of hydrogen-bond acceptors (Lipinski definition) is 2. The van der Waals surface area contributed by atoms with E-state index in [0.717, 1.165) is 19.2 Å². The highest BCUT2D eigenvalue weighted by Gasteiger charge is 2.32. The Morgan fingerprint density at radius 2 is 1.65 bits per heavy atom. The number of amides is 1. The summed E-state index contributed by atoms with van der Waals surface area (Å²) in [4.78, 5) is 14.8. The zero-order valence-corrected chi connectivity index (χ0v) is 14.4. The summed E-state index contributed by atoms with van der Waals surface area (Å²) in [6.45, 7) is 1.66. The highest BCUT2D eigenvalue weighted by atomic mass is 19.2. The summed E-state index contributed by atoms with van der Waals surface area (Å²) in [5.41, 5.74) is 1.58. The average Bonchev–Trinajstić information content (AvgIpc) is 2.65. The van der Waals surface area contributed by atoms with Crippen molar-refractivity contribution < 1.29 is 18.7 Å². The summed E-state index contributed by atoms with van der Waals surface area (Å²) < 4.78 is 26.7. The topological polar surface area (TPSA) is 40.5 Å². The Labute approximate surface area is 151 Å². The van der Waals surface area contributed by atoms with Crippen molar-refractivity contribution in [3.8, 4) is 16.9 Å². The molecule has 1 saturated heterocycles. The molecule has 2 fully saturated rings. The van der Waals surface area contributed by atoms with E-state index in [1.54, 1.807) is 24.3 Å². The van der Waals surface area contributed by atoms with Crippen LogP contribution in [-0.2, 0) is 0 Å². The van der Waals surface area contributed by atoms with Crippen LogP contribution in [0.2, 0.25) is 0 Å². The van der Waals surface area contributed by atoms with Gasteiger partial charge in [0, 0.05) is 18.7 Å². The molecule has 5 heteroatoms. The van der Waals surface area contributed by atoms with Crippen molar-refractivity contribution in [3.63, 3.8) is 0 Å². The Morgan fingerprint density at radius 3 is 2.27 bits per heavy atom. The number of phenols is 1. The molecule has 3 nitrogen and oxygen atoms in total. The third-order valence-corrected chi connectivity index (χ3v) is 5.61. The number of carbonyl (C=O) groups is 1. The van der Waals surface area contributed by atoms with Crippen LogP contribution in [0.1, 0.15) is 36.0 Å². The molecule has 1 aliphatic heterocycles. The minimum atomic E-state index is -1.25. The molecule has 1 heterocycles. The molecule has 26 heavy (non-hydrogen) atoms. The predicted molar refractivity (Wildman–Crippen MR) is 94.8 cm³/mol. The molecule has 0 aromatic heterocycles. The van der Waals surface area contributed by atoms with Crippen LogP contribution in [-0.4, -0.2) is 29.0 Å². The van der Waals surface area contributed by atoms with Gasteiger partial charge in [0.1, 0.15) is 0 Å². The number of fused-ring (bicyclic) bond motifs is 2. The van der Waals surface area contributed by atoms with E-state index in [4.69, 9.17) is 0 Å². The average molecular weight is 357 g/mol. The van der Waals surface area contributed by atoms with Gasteiger partial charge in [-0.05, 0) is 66.5 Å². The molecule has 2 aromatic carbocycles. The highest BCUT2D eigenvalue weighted by Crippen LogP contribution is 2.35. The quantitative estimate of drug-likeness (QED) is 0.853. The molecule has 2 bridgehead atoms. The lowest BCUT2D eigenvalue weighted by Gasteiger charge is -2.41. The molecule has 1 amide bonds. The van der Waals surface area contributed by atoms with E-state index in [0.29, 0.717) is 28.5 Å². The first kappa shape index (κ1) is 17.0. The Hall–Kier alpha value is -2.43. The largest absolute Gasteiger partial charge is 0.505 e. The van der Waals surface area contributed by atoms with Crippen LogP contribution in [0, 0.1) is 23.5 Å². The van der Waals surface area contributed by atoms with Gasteiger partial charge in [-0.25, -0.2) is 4.39 Å². The minimum Gasteiger partial charge on any atom is -0.505 e. The zero-order valence-electron chi connectivity index (χ0n) is 14.4. The lowest BCUT2D eigenvalue weighted by molar-refractivity contribution is 0.0504. The number of aromatic hydroxyl groups is 1. The van der Waals surface area contributed by atoms with Gasteiger partial charge < -0.3 is 10.0 Å². The number of rotatable bonds is 2. The summed E-state index contributed by atoms with van der Waals surface area (Å²) in [5, 5.41) is 9.46. The minimum absolute atomic E-state index is 0.0290. The molecular formula is C21H21F2NO2. The molecule has 2 aromatic rings. The van der Waals surface area contributed by atoms with Crippen molar-refractivity contribution in [2.45, 2.75) is 25.7 Å². The normalized spacial score (nSPS) is 22.3. The monoisotopic (exact) mass is 357 g/mol. The van der Waals surface area contributed by atoms with Crippen LogP contribution < -0.4 is 0 Å². The van der Waals surface area contributed by atoms with E-state index >= 15 is 0 Å². The van der Waals surface area contributed by atoms with E-state index in [1.165, 1.54) is 31.7 Å². The second-order valence-electron chi connectivity index (χ2n) is 7.48. The maximum absolute atomic E-state index is 13.5. The molecule has 136 valence electrons. The fourth-order valence-electron chi connectivity index (χ4n) is 4.33. The zero-order chi connectivity index (χ0) is 18.3. The van der Waals surface area contributed by atoms with Crippen LogP contribution in [0.4, 0.5) is 8.78 Å². The molecule has 1 saturated carbocycles. The number of likely N-dealkylation sites (tertiary alicyclic amines) is 1. The Bertz CT molecular complexity index is 799. The van der Waals surface area contributed by atoms with Crippen LogP contribution in [0.25, 0.3) is 11.1 Å². The molecule has 1 N–H and O–H groups in total. The summed E-state index contributed by atoms with van der Waals surface area (Å²) in [7, 11) is 0. The van der Waals surface area contributed by atoms with Gasteiger partial charge in [0.25, 0.3) is 5.91 Å². The fourth-order valence-corrected chi connectivity index (χ4v) is 4.33. The summed E-state index contributed by atoms with van der Waals surface area (Å²) in [6.07, 6.45) is 4.92. The summed E-state index contributed by atoms with van der Waals surface area (Å²) >= 11 is 0. The SMILES string of the molecule is O=C(c1ccc(-c2cc(O)c(F)c(F)c2)cc1)N1CC2CCCC(C2)C1. The van der Waals surface area contributed by atoms with Gasteiger partial charge in [0.2, 0.25) is 0 Å². The van der Waals surface area contributed by atoms with Crippen LogP contribution >= 0.6 is 0 Å². The molecule has 2 aliphatic rings. The first-order valence-corrected chi connectivity index (χ1v) is 9.09. The second-order valence-corrected chi connectivity index (χ2v) is 7.48. The van der Waals surface area contributed by atoms with Crippen molar-refractivity contribution in [3.05, 3.63) is 53.6 Å². The Balaban J connectivity index is 1.53. The van der Waals surface area contributed by atoms with Gasteiger partial charge in [-0.1, -0.05) is 18.6 Å². The highest BCUT2D eigenvalue weighted by molar-refractivity contribution is 5.94. The van der Waals surface area contributed by atoms with Crippen LogP contribution in [0.3, 0.4) is 0 Å². The van der Waals surface area contributed by atoms with Gasteiger partial charge >= 0.3 is 0 Å². The molecule has 2 unspecified atom stereocenters. The van der Waals surface area contributed by atoms with Gasteiger partial charge in [-0.15, -0.1) is 0 Å². The molecule has 1 aliphatic carbocycles. The third-order valence-electron chi connectivity index (χ3n) is 5.61. The molecule has 0 spiro atoms. The van der Waals surface area contributed by atoms with Crippen molar-refractivity contribution in [1.82, 2.24) is 4.90 Å². The number of phenolic OH excluding ortho intramolecular Hbond substituents is 1. The van der Waals surface area contributed by atoms with E-state index in [1.807, 2.05) is 4.90 Å². The van der Waals surface area contributed by atoms with Crippen molar-refractivity contribution >= 4 is 5.91 Å². The van der Waals surface area contributed by atoms with Crippen LogP contribution in [0.5, 0.6) is 5.75 Å². The Morgan fingerprint density at radius 1 is 1.00 bits per heavy atom. The molecular weight excluding hydrogens is 336 g/mol. The molecule has 2 atom stereocenters. The molecule has 0 radical (unpaired) electrons. The Kier molecular flexibility index (Phi) is 4.39. The summed E-state index contributed by atoms with van der Waals surface area (Å²) in [6, 6.07) is 9.04. The first-order chi connectivity index (χ1) is 12.5. The van der Waals surface area contributed by atoms with Gasteiger partial charge in [-0.3, -0.25) is 4.79 Å². The van der Waals surface area contributed by atoms with Crippen molar-refractivity contribution in [1.29, 1.82) is 0 Å². The number of piperidine rings is 1. The lowest BCUT2D eigenvalue weighted by atomic mass is 9.78. The third kappa shape index (κ3) is 3.18. The second kappa shape index (κ2) is 6.71. The van der Waals surface area contributed by atoms with E-state index < -0.39 is 17.4 Å². The van der Waals surface area contributed by atoms with E-state index in [2.05, 4.69) is 0 Å². The van der Waals surface area contributed by atoms with Gasteiger partial charge in [0.15, 0.2) is 17.4 Å². The number of halogens is 2. The van der Waals surface area contributed by atoms with Crippen molar-refractivity contribution in [2.24, 2.45) is 11.8 Å². The van der Waals surface area contributed by atoms with E-state index in [9.17, 15) is 18.7 Å². The van der Waals surface area contributed by atoms with Gasteiger partial charge in [0.05, 0.1) is 0 Å². The summed E-state index contributed by atoms with van der Waals surface area (Å²) in [5.74, 6) is -1.80. The number of nitrogens with zero attached hydrogens (tertiary/aromatic N) is 1. The number of hydrogen-bond donors (Lipinski definition) is 1. The van der Waals surface area contributed by atoms with Crippen LogP contribution in [0.15, 0.2) is 36.4 Å². The maximum atomic E-state index is 13.5. The standard InChI is InChI=1S/C21H21F2NO2/c22-18-9-17(10-19(25)20(18)23)15-4-6-16(7-5-15)21(26)24-11-13-2-1-3-14(8-13)12-24/h4-7,9-10,13-14,25H,1-3,8,11-12H2. The van der Waals surface area contributed by atoms with E-state index in [-0.39, 0.29) is 5.91 Å². The molecule has 4 rings (SSSR count). The van der Waals surface area contributed by atoms with Gasteiger partial charge in [-0.2, -0.15) is 4.39 Å². The van der Waals surface area contributed by atoms with Crippen molar-refractivity contribution in [2.75, 3.05) is 13.1 Å². The fraction of sp³-hybridized carbons (Fsp3) is 0.381. The smallest absolute Gasteiger partial charge is 0.253 e.